The molecule has 0 bridgehead atoms. The Bertz CT molecular complexity index is 1300. The first-order valence-corrected chi connectivity index (χ1v) is 9.96. The zero-order chi connectivity index (χ0) is 22.5. The highest BCUT2D eigenvalue weighted by molar-refractivity contribution is 6.00. The highest BCUT2D eigenvalue weighted by atomic mass is 79.9. The van der Waals surface area contributed by atoms with Crippen molar-refractivity contribution in [3.05, 3.63) is 95.2 Å². The number of benzene rings is 2. The van der Waals surface area contributed by atoms with Crippen molar-refractivity contribution in [1.29, 1.82) is 0 Å². The number of hydrogen-bond acceptors (Lipinski definition) is 5. The van der Waals surface area contributed by atoms with Crippen LogP contribution < -0.4 is 26.9 Å². The molecule has 168 valence electrons. The number of pyridine rings is 1. The number of aryl methyl sites for hydroxylation is 1. The van der Waals surface area contributed by atoms with Crippen LogP contribution in [-0.4, -0.2) is 26.2 Å². The topological polar surface area (TPSA) is 111 Å². The molecule has 0 spiro atoms. The summed E-state index contributed by atoms with van der Waals surface area (Å²) < 4.78 is 3.53. The number of imidazole rings is 1. The minimum atomic E-state index is -0.504. The molecule has 2 aromatic heterocycles. The van der Waals surface area contributed by atoms with Crippen molar-refractivity contribution >= 4 is 34.0 Å². The molecule has 1 N–H and O–H groups in total. The number of nitrogens with one attached hydrogen (secondary N) is 1. The normalized spacial score (nSPS) is 10.4. The zero-order valence-electron chi connectivity index (χ0n) is 17.4. The van der Waals surface area contributed by atoms with Crippen LogP contribution in [0.25, 0.3) is 10.9 Å². The summed E-state index contributed by atoms with van der Waals surface area (Å²) in [6, 6.07) is 14.9. The lowest BCUT2D eigenvalue weighted by Crippen LogP contribution is -3.00. The van der Waals surface area contributed by atoms with E-state index >= 15 is 0 Å². The number of hydrogen-bond donors (Lipinski definition) is 1. The van der Waals surface area contributed by atoms with Crippen LogP contribution in [-0.2, 0) is 17.9 Å². The average molecular weight is 510 g/mol. The summed E-state index contributed by atoms with van der Waals surface area (Å²) in [7, 11) is 0. The van der Waals surface area contributed by atoms with Crippen LogP contribution >= 0.6 is 0 Å². The molecule has 0 fully saturated rings. The number of nitro benzene ring substituents is 1. The third kappa shape index (κ3) is 5.86. The molecule has 0 unspecified atom stereocenters. The van der Waals surface area contributed by atoms with Crippen molar-refractivity contribution in [3.63, 3.8) is 0 Å². The highest BCUT2D eigenvalue weighted by Gasteiger charge is 2.14. The van der Waals surface area contributed by atoms with Gasteiger partial charge in [0, 0.05) is 29.3 Å². The Morgan fingerprint density at radius 1 is 1.09 bits per heavy atom. The number of non-ortho nitro benzene ring substituents is 1. The van der Waals surface area contributed by atoms with Crippen LogP contribution in [0, 0.1) is 10.1 Å². The van der Waals surface area contributed by atoms with Crippen LogP contribution in [0.1, 0.15) is 16.8 Å². The van der Waals surface area contributed by atoms with E-state index < -0.39 is 4.92 Å². The number of carbonyl (C=O) groups excluding carboxylic acids is 2. The largest absolute Gasteiger partial charge is 1.00 e. The fourth-order valence-corrected chi connectivity index (χ4v) is 3.34. The molecule has 4 aromatic rings. The van der Waals surface area contributed by atoms with Gasteiger partial charge in [-0.15, -0.1) is 0 Å². The zero-order valence-corrected chi connectivity index (χ0v) is 19.0. The lowest BCUT2D eigenvalue weighted by atomic mass is 10.1. The molecule has 10 heteroatoms. The van der Waals surface area contributed by atoms with Crippen molar-refractivity contribution in [2.24, 2.45) is 0 Å². The lowest BCUT2D eigenvalue weighted by molar-refractivity contribution is -0.682. The Hall–Kier alpha value is -3.92. The minimum Gasteiger partial charge on any atom is -1.00 e. The van der Waals surface area contributed by atoms with Gasteiger partial charge in [0.15, 0.2) is 6.54 Å². The average Bonchev–Trinajstić information content (AvgIpc) is 3.25. The molecule has 0 aliphatic carbocycles. The first-order valence-electron chi connectivity index (χ1n) is 9.96. The number of rotatable bonds is 8. The highest BCUT2D eigenvalue weighted by Crippen LogP contribution is 2.20. The van der Waals surface area contributed by atoms with Crippen molar-refractivity contribution in [2.75, 3.05) is 5.32 Å². The molecule has 0 saturated carbocycles. The van der Waals surface area contributed by atoms with Gasteiger partial charge in [0.2, 0.25) is 18.0 Å². The fourth-order valence-electron chi connectivity index (χ4n) is 3.34. The SMILES string of the molecule is O=C(CCn1cc[n+](CC(=O)c2ccc([N+](=O)[O-])cc2)c1)Nc1cccc2cccnc12.[Br-]. The molecule has 1 amide bonds. The van der Waals surface area contributed by atoms with Gasteiger partial charge in [-0.2, -0.15) is 0 Å². The van der Waals surface area contributed by atoms with Crippen LogP contribution in [0.3, 0.4) is 0 Å². The number of amides is 1. The number of halogens is 1. The summed E-state index contributed by atoms with van der Waals surface area (Å²) in [5.74, 6) is -0.297. The van der Waals surface area contributed by atoms with Gasteiger partial charge < -0.3 is 22.3 Å². The van der Waals surface area contributed by atoms with E-state index in [0.29, 0.717) is 17.8 Å². The van der Waals surface area contributed by atoms with E-state index in [0.717, 1.165) is 10.9 Å². The van der Waals surface area contributed by atoms with Crippen LogP contribution in [0.15, 0.2) is 79.5 Å². The number of nitrogens with zero attached hydrogens (tertiary/aromatic N) is 4. The molecule has 0 saturated heterocycles. The van der Waals surface area contributed by atoms with E-state index in [1.807, 2.05) is 34.9 Å². The molecule has 4 rings (SSSR count). The number of fused-ring (bicyclic) bond motifs is 1. The van der Waals surface area contributed by atoms with Crippen LogP contribution in [0.2, 0.25) is 0 Å². The Balaban J connectivity index is 0.00000306. The van der Waals surface area contributed by atoms with Gasteiger partial charge >= 0.3 is 0 Å². The molecular weight excluding hydrogens is 490 g/mol. The van der Waals surface area contributed by atoms with E-state index in [4.69, 9.17) is 0 Å². The lowest BCUT2D eigenvalue weighted by Gasteiger charge is -2.07. The molecule has 33 heavy (non-hydrogen) atoms. The van der Waals surface area contributed by atoms with Crippen LogP contribution in [0.4, 0.5) is 11.4 Å². The van der Waals surface area contributed by atoms with Gasteiger partial charge in [-0.3, -0.25) is 24.7 Å². The maximum absolute atomic E-state index is 12.4. The summed E-state index contributed by atoms with van der Waals surface area (Å²) in [5.41, 5.74) is 1.76. The Kier molecular flexibility index (Phi) is 7.62. The number of nitro groups is 1. The molecular formula is C23H20BrN5O4. The van der Waals surface area contributed by atoms with Gasteiger partial charge in [-0.1, -0.05) is 18.2 Å². The molecule has 0 aliphatic rings. The Morgan fingerprint density at radius 2 is 1.85 bits per heavy atom. The third-order valence-electron chi connectivity index (χ3n) is 4.98. The van der Waals surface area contributed by atoms with E-state index in [9.17, 15) is 19.7 Å². The molecule has 2 heterocycles. The number of para-hydroxylation sites is 1. The van der Waals surface area contributed by atoms with Crippen molar-refractivity contribution in [3.8, 4) is 0 Å². The van der Waals surface area contributed by atoms with Crippen molar-refractivity contribution in [1.82, 2.24) is 9.55 Å². The maximum atomic E-state index is 12.4. The predicted molar refractivity (Wildman–Crippen MR) is 117 cm³/mol. The fraction of sp³-hybridized carbons (Fsp3) is 0.130. The molecule has 0 aliphatic heterocycles. The van der Waals surface area contributed by atoms with Gasteiger partial charge in [-0.05, 0) is 24.3 Å². The second-order valence-electron chi connectivity index (χ2n) is 7.23. The maximum Gasteiger partial charge on any atom is 0.269 e. The van der Waals surface area contributed by atoms with Gasteiger partial charge in [0.05, 0.1) is 29.1 Å². The number of aromatic nitrogens is 3. The van der Waals surface area contributed by atoms with Gasteiger partial charge in [-0.25, -0.2) is 9.13 Å². The second kappa shape index (κ2) is 10.6. The molecule has 2 aromatic carbocycles. The van der Waals surface area contributed by atoms with E-state index in [2.05, 4.69) is 10.3 Å². The molecule has 9 nitrogen and oxygen atoms in total. The van der Waals surface area contributed by atoms with Crippen LogP contribution in [0.5, 0.6) is 0 Å². The second-order valence-corrected chi connectivity index (χ2v) is 7.23. The smallest absolute Gasteiger partial charge is 0.269 e. The summed E-state index contributed by atoms with van der Waals surface area (Å²) >= 11 is 0. The summed E-state index contributed by atoms with van der Waals surface area (Å²) in [4.78, 5) is 39.4. The standard InChI is InChI=1S/C23H19N5O4.BrH/c29-21(17-6-8-19(9-7-17)28(31)32)15-27-14-13-26(16-27)12-10-22(30)25-20-5-1-3-18-4-2-11-24-23(18)20;/h1-9,11,13-14,16H,10,12,15H2;1H. The summed E-state index contributed by atoms with van der Waals surface area (Å²) in [6.07, 6.45) is 7.23. The predicted octanol–water partition coefficient (Wildman–Crippen LogP) is 0.148. The summed E-state index contributed by atoms with van der Waals surface area (Å²) in [5, 5.41) is 14.6. The van der Waals surface area contributed by atoms with E-state index in [1.165, 1.54) is 24.3 Å². The Labute approximate surface area is 199 Å². The van der Waals surface area contributed by atoms with Crippen molar-refractivity contribution in [2.45, 2.75) is 19.5 Å². The molecule has 0 radical (unpaired) electrons. The van der Waals surface area contributed by atoms with Gasteiger partial charge in [0.25, 0.3) is 5.69 Å². The number of carbonyl (C=O) groups is 2. The van der Waals surface area contributed by atoms with Crippen molar-refractivity contribution < 1.29 is 36.1 Å². The number of ketones is 1. The monoisotopic (exact) mass is 509 g/mol. The quantitative estimate of drug-likeness (QED) is 0.157. The first kappa shape index (κ1) is 23.7. The summed E-state index contributed by atoms with van der Waals surface area (Å²) in [6.45, 7) is 0.543. The molecule has 0 atom stereocenters. The van der Waals surface area contributed by atoms with E-state index in [1.54, 1.807) is 29.5 Å². The third-order valence-corrected chi connectivity index (χ3v) is 4.98. The van der Waals surface area contributed by atoms with Gasteiger partial charge in [0.1, 0.15) is 12.4 Å². The Morgan fingerprint density at radius 3 is 2.61 bits per heavy atom. The first-order chi connectivity index (χ1) is 15.5. The minimum absolute atomic E-state index is 0. The number of Topliss-reactive ketones (excluding diaryl/α,β-unsaturated/α-hetero) is 1. The number of anilines is 1. The van der Waals surface area contributed by atoms with E-state index in [-0.39, 0.29) is 47.3 Å².